The van der Waals surface area contributed by atoms with Gasteiger partial charge in [0.05, 0.1) is 24.6 Å². The van der Waals surface area contributed by atoms with Crippen LogP contribution in [0, 0.1) is 0 Å². The number of hydrogen-bond acceptors (Lipinski definition) is 4. The Balaban J connectivity index is 2.52. The predicted molar refractivity (Wildman–Crippen MR) is 72.8 cm³/mol. The molecule has 1 heterocycles. The first-order valence-electron chi connectivity index (χ1n) is 5.21. The lowest BCUT2D eigenvalue weighted by Gasteiger charge is -2.09. The van der Waals surface area contributed by atoms with Crippen LogP contribution in [-0.4, -0.2) is 17.9 Å². The Bertz CT molecular complexity index is 599. The number of anilines is 1. The van der Waals surface area contributed by atoms with Crippen molar-refractivity contribution < 1.29 is 9.53 Å². The Labute approximate surface area is 113 Å². The van der Waals surface area contributed by atoms with Crippen LogP contribution in [0.4, 0.5) is 5.69 Å². The van der Waals surface area contributed by atoms with E-state index in [4.69, 9.17) is 10.5 Å². The second-order valence-corrected chi connectivity index (χ2v) is 4.55. The molecule has 1 aromatic carbocycles. The first-order valence-corrected chi connectivity index (χ1v) is 6.00. The maximum absolute atomic E-state index is 12.4. The van der Waals surface area contributed by atoms with Crippen molar-refractivity contribution in [1.82, 2.24) is 4.98 Å². The van der Waals surface area contributed by atoms with Crippen molar-refractivity contribution >= 4 is 27.4 Å². The number of rotatable bonds is 3. The lowest BCUT2D eigenvalue weighted by Crippen LogP contribution is -2.07. The van der Waals surface area contributed by atoms with Crippen molar-refractivity contribution in [2.24, 2.45) is 0 Å². The first-order chi connectivity index (χ1) is 8.63. The molecule has 0 unspecified atom stereocenters. The minimum Gasteiger partial charge on any atom is -0.496 e. The zero-order valence-corrected chi connectivity index (χ0v) is 11.3. The number of nitrogen functional groups attached to an aromatic ring is 1. The van der Waals surface area contributed by atoms with Crippen LogP contribution in [0.15, 0.2) is 41.1 Å². The molecule has 0 spiro atoms. The van der Waals surface area contributed by atoms with E-state index in [0.29, 0.717) is 22.6 Å². The van der Waals surface area contributed by atoms with E-state index in [9.17, 15) is 4.79 Å². The molecule has 0 fully saturated rings. The minimum atomic E-state index is -0.187. The summed E-state index contributed by atoms with van der Waals surface area (Å²) in [4.78, 5) is 16.3. The number of pyridine rings is 1. The van der Waals surface area contributed by atoms with E-state index in [1.807, 2.05) is 6.07 Å². The minimum absolute atomic E-state index is 0.187. The van der Waals surface area contributed by atoms with Gasteiger partial charge in [-0.25, -0.2) is 0 Å². The van der Waals surface area contributed by atoms with Gasteiger partial charge in [0.25, 0.3) is 0 Å². The standard InChI is InChI=1S/C13H11BrN2O2/c1-18-12-3-2-8(14)6-10(12)13(17)9-4-5-16-7-11(9)15/h2-7H,15H2,1H3. The highest BCUT2D eigenvalue weighted by Crippen LogP contribution is 2.26. The summed E-state index contributed by atoms with van der Waals surface area (Å²) in [5.74, 6) is 0.326. The zero-order chi connectivity index (χ0) is 13.1. The number of nitrogens with zero attached hydrogens (tertiary/aromatic N) is 1. The molecule has 2 rings (SSSR count). The summed E-state index contributed by atoms with van der Waals surface area (Å²) < 4.78 is 5.99. The molecule has 0 saturated carbocycles. The summed E-state index contributed by atoms with van der Waals surface area (Å²) in [6.07, 6.45) is 2.99. The largest absolute Gasteiger partial charge is 0.496 e. The number of nitrogens with two attached hydrogens (primary N) is 1. The molecular weight excluding hydrogens is 296 g/mol. The molecule has 2 N–H and O–H groups in total. The second-order valence-electron chi connectivity index (χ2n) is 3.64. The number of ether oxygens (including phenoxy) is 1. The number of aromatic nitrogens is 1. The fraction of sp³-hybridized carbons (Fsp3) is 0.0769. The van der Waals surface area contributed by atoms with Crippen LogP contribution >= 0.6 is 15.9 Å². The van der Waals surface area contributed by atoms with E-state index in [-0.39, 0.29) is 5.78 Å². The van der Waals surface area contributed by atoms with Crippen LogP contribution in [0.25, 0.3) is 0 Å². The Hall–Kier alpha value is -1.88. The highest BCUT2D eigenvalue weighted by molar-refractivity contribution is 9.10. The number of hydrogen-bond donors (Lipinski definition) is 1. The van der Waals surface area contributed by atoms with Crippen molar-refractivity contribution in [3.8, 4) is 5.75 Å². The molecule has 0 saturated heterocycles. The Morgan fingerprint density at radius 2 is 2.11 bits per heavy atom. The third-order valence-corrected chi connectivity index (χ3v) is 3.00. The monoisotopic (exact) mass is 306 g/mol. The molecule has 1 aromatic heterocycles. The van der Waals surface area contributed by atoms with Crippen molar-refractivity contribution in [1.29, 1.82) is 0 Å². The maximum atomic E-state index is 12.4. The number of carbonyl (C=O) groups excluding carboxylic acids is 1. The summed E-state index contributed by atoms with van der Waals surface area (Å²) in [6, 6.07) is 6.85. The number of halogens is 1. The average Bonchev–Trinajstić information content (AvgIpc) is 2.38. The highest BCUT2D eigenvalue weighted by atomic mass is 79.9. The van der Waals surface area contributed by atoms with Gasteiger partial charge >= 0.3 is 0 Å². The molecule has 0 atom stereocenters. The van der Waals surface area contributed by atoms with Crippen LogP contribution in [0.5, 0.6) is 5.75 Å². The molecule has 4 nitrogen and oxygen atoms in total. The lowest BCUT2D eigenvalue weighted by molar-refractivity contribution is 0.103. The van der Waals surface area contributed by atoms with Crippen molar-refractivity contribution in [3.05, 3.63) is 52.3 Å². The van der Waals surface area contributed by atoms with Crippen LogP contribution in [0.2, 0.25) is 0 Å². The molecule has 92 valence electrons. The quantitative estimate of drug-likeness (QED) is 0.885. The third-order valence-electron chi connectivity index (χ3n) is 2.50. The summed E-state index contributed by atoms with van der Waals surface area (Å²) in [5, 5.41) is 0. The number of methoxy groups -OCH3 is 1. The van der Waals surface area contributed by atoms with Crippen molar-refractivity contribution in [2.75, 3.05) is 12.8 Å². The highest BCUT2D eigenvalue weighted by Gasteiger charge is 2.17. The summed E-state index contributed by atoms with van der Waals surface area (Å²) in [7, 11) is 1.52. The maximum Gasteiger partial charge on any atom is 0.198 e. The average molecular weight is 307 g/mol. The van der Waals surface area contributed by atoms with E-state index in [0.717, 1.165) is 4.47 Å². The number of ketones is 1. The molecule has 2 aromatic rings. The molecule has 0 radical (unpaired) electrons. The number of benzene rings is 1. The van der Waals surface area contributed by atoms with E-state index >= 15 is 0 Å². The lowest BCUT2D eigenvalue weighted by atomic mass is 10.0. The first kappa shape index (κ1) is 12.6. The van der Waals surface area contributed by atoms with E-state index in [1.54, 1.807) is 18.2 Å². The van der Waals surface area contributed by atoms with Gasteiger partial charge in [-0.1, -0.05) is 15.9 Å². The van der Waals surface area contributed by atoms with Crippen LogP contribution in [0.3, 0.4) is 0 Å². The topological polar surface area (TPSA) is 65.2 Å². The second kappa shape index (κ2) is 5.18. The molecule has 0 aliphatic heterocycles. The van der Waals surface area contributed by atoms with Gasteiger partial charge < -0.3 is 10.5 Å². The third kappa shape index (κ3) is 2.36. The van der Waals surface area contributed by atoms with Gasteiger partial charge in [-0.3, -0.25) is 9.78 Å². The summed E-state index contributed by atoms with van der Waals surface area (Å²) in [6.45, 7) is 0. The summed E-state index contributed by atoms with van der Waals surface area (Å²) >= 11 is 3.33. The van der Waals surface area contributed by atoms with Gasteiger partial charge in [-0.2, -0.15) is 0 Å². The van der Waals surface area contributed by atoms with E-state index in [1.165, 1.54) is 19.5 Å². The van der Waals surface area contributed by atoms with Crippen LogP contribution in [-0.2, 0) is 0 Å². The van der Waals surface area contributed by atoms with Crippen LogP contribution in [0.1, 0.15) is 15.9 Å². The fourth-order valence-electron chi connectivity index (χ4n) is 1.62. The predicted octanol–water partition coefficient (Wildman–Crippen LogP) is 2.67. The van der Waals surface area contributed by atoms with Gasteiger partial charge in [-0.05, 0) is 24.3 Å². The van der Waals surface area contributed by atoms with Gasteiger partial charge in [-0.15, -0.1) is 0 Å². The normalized spacial score (nSPS) is 10.1. The zero-order valence-electron chi connectivity index (χ0n) is 9.68. The fourth-order valence-corrected chi connectivity index (χ4v) is 1.98. The van der Waals surface area contributed by atoms with Crippen LogP contribution < -0.4 is 10.5 Å². The molecule has 0 aliphatic carbocycles. The van der Waals surface area contributed by atoms with E-state index in [2.05, 4.69) is 20.9 Å². The Morgan fingerprint density at radius 1 is 1.33 bits per heavy atom. The summed E-state index contributed by atoms with van der Waals surface area (Å²) in [5.41, 5.74) is 6.98. The number of carbonyl (C=O) groups is 1. The van der Waals surface area contributed by atoms with Gasteiger partial charge in [0.2, 0.25) is 0 Å². The Kier molecular flexibility index (Phi) is 3.62. The molecule has 0 bridgehead atoms. The van der Waals surface area contributed by atoms with Gasteiger partial charge in [0.1, 0.15) is 5.75 Å². The van der Waals surface area contributed by atoms with Crippen molar-refractivity contribution in [3.63, 3.8) is 0 Å². The Morgan fingerprint density at radius 3 is 2.78 bits per heavy atom. The van der Waals surface area contributed by atoms with E-state index < -0.39 is 0 Å². The van der Waals surface area contributed by atoms with Gasteiger partial charge in [0.15, 0.2) is 5.78 Å². The van der Waals surface area contributed by atoms with Crippen molar-refractivity contribution in [2.45, 2.75) is 0 Å². The molecular formula is C13H11BrN2O2. The smallest absolute Gasteiger partial charge is 0.198 e. The van der Waals surface area contributed by atoms with Gasteiger partial charge in [0, 0.05) is 16.2 Å². The molecule has 5 heteroatoms. The molecule has 0 amide bonds. The molecule has 18 heavy (non-hydrogen) atoms. The molecule has 0 aliphatic rings. The SMILES string of the molecule is COc1ccc(Br)cc1C(=O)c1ccncc1N.